The molecule has 1 aromatic carbocycles. The first-order valence-electron chi connectivity index (χ1n) is 5.00. The molecule has 0 N–H and O–H groups in total. The molecule has 1 atom stereocenters. The van der Waals surface area contributed by atoms with Crippen molar-refractivity contribution in [2.45, 2.75) is 26.4 Å². The topological polar surface area (TPSA) is 0 Å². The Balaban J connectivity index is 3.40. The summed E-state index contributed by atoms with van der Waals surface area (Å²) in [6.07, 6.45) is -8.48. The van der Waals surface area contributed by atoms with E-state index in [1.165, 1.54) is 19.9 Å². The molecule has 0 aliphatic rings. The molecule has 0 fully saturated rings. The standard InChI is InChI=1S/C12H10F6/c1-5-3-6(2)8(10(14)12(17)18)4-7(5)9(13)11(15)16/h3-4,9,11H,1-2H3. The highest BCUT2D eigenvalue weighted by Crippen LogP contribution is 2.33. The number of aryl methyl sites for hydroxylation is 2. The molecule has 0 aliphatic carbocycles. The Labute approximate surface area is 99.9 Å². The van der Waals surface area contributed by atoms with E-state index < -0.39 is 35.6 Å². The molecule has 0 radical (unpaired) electrons. The normalized spacial score (nSPS) is 12.7. The van der Waals surface area contributed by atoms with Crippen LogP contribution in [0.4, 0.5) is 26.3 Å². The lowest BCUT2D eigenvalue weighted by Gasteiger charge is -2.14. The monoisotopic (exact) mass is 268 g/mol. The maximum absolute atomic E-state index is 13.2. The molecule has 0 nitrogen and oxygen atoms in total. The number of hydrogen-bond donors (Lipinski definition) is 0. The van der Waals surface area contributed by atoms with Gasteiger partial charge in [0.25, 0.3) is 6.43 Å². The summed E-state index contributed by atoms with van der Waals surface area (Å²) in [5.74, 6) is -1.82. The molecule has 0 spiro atoms. The summed E-state index contributed by atoms with van der Waals surface area (Å²) in [5.41, 5.74) is -0.764. The van der Waals surface area contributed by atoms with Crippen molar-refractivity contribution in [1.29, 1.82) is 0 Å². The molecule has 1 rings (SSSR count). The molecule has 0 bridgehead atoms. The predicted molar refractivity (Wildman–Crippen MR) is 56.0 cm³/mol. The Bertz CT molecular complexity index is 474. The van der Waals surface area contributed by atoms with Crippen LogP contribution in [0.1, 0.15) is 28.4 Å². The SMILES string of the molecule is Cc1cc(C)c(C(F)C(F)F)cc1C(F)=C(F)F. The van der Waals surface area contributed by atoms with Crippen LogP contribution in [0, 0.1) is 13.8 Å². The van der Waals surface area contributed by atoms with Crippen molar-refractivity contribution in [3.05, 3.63) is 40.5 Å². The number of halogens is 6. The smallest absolute Gasteiger partial charge is 0.236 e. The van der Waals surface area contributed by atoms with Gasteiger partial charge in [0.15, 0.2) is 12.0 Å². The van der Waals surface area contributed by atoms with Gasteiger partial charge in [0.2, 0.25) is 0 Å². The quantitative estimate of drug-likeness (QED) is 0.668. The average molecular weight is 268 g/mol. The van der Waals surface area contributed by atoms with Crippen LogP contribution in [-0.4, -0.2) is 6.43 Å². The fraction of sp³-hybridized carbons (Fsp3) is 0.333. The van der Waals surface area contributed by atoms with Gasteiger partial charge in [-0.3, -0.25) is 0 Å². The minimum absolute atomic E-state index is 0.128. The summed E-state index contributed by atoms with van der Waals surface area (Å²) < 4.78 is 75.1. The second-order valence-electron chi connectivity index (χ2n) is 3.83. The first kappa shape index (κ1) is 14.6. The third-order valence-corrected chi connectivity index (χ3v) is 2.53. The van der Waals surface area contributed by atoms with Gasteiger partial charge in [-0.1, -0.05) is 6.07 Å². The van der Waals surface area contributed by atoms with E-state index in [0.717, 1.165) is 0 Å². The van der Waals surface area contributed by atoms with Gasteiger partial charge >= 0.3 is 6.08 Å². The van der Waals surface area contributed by atoms with Gasteiger partial charge in [0.1, 0.15) is 0 Å². The molecule has 0 saturated carbocycles. The molecule has 0 heterocycles. The highest BCUT2D eigenvalue weighted by molar-refractivity contribution is 5.64. The van der Waals surface area contributed by atoms with E-state index in [4.69, 9.17) is 0 Å². The van der Waals surface area contributed by atoms with Gasteiger partial charge in [-0.05, 0) is 36.6 Å². The highest BCUT2D eigenvalue weighted by atomic mass is 19.3. The first-order chi connectivity index (χ1) is 8.25. The number of alkyl halides is 3. The van der Waals surface area contributed by atoms with Crippen molar-refractivity contribution < 1.29 is 26.3 Å². The Morgan fingerprint density at radius 1 is 0.944 bits per heavy atom. The van der Waals surface area contributed by atoms with Crippen LogP contribution in [0.2, 0.25) is 0 Å². The predicted octanol–water partition coefficient (Wildman–Crippen LogP) is 5.11. The van der Waals surface area contributed by atoms with Gasteiger partial charge < -0.3 is 0 Å². The summed E-state index contributed by atoms with van der Waals surface area (Å²) in [6, 6.07) is 1.90. The van der Waals surface area contributed by atoms with Gasteiger partial charge in [0, 0.05) is 5.56 Å². The van der Waals surface area contributed by atoms with Crippen LogP contribution in [-0.2, 0) is 0 Å². The Hall–Kier alpha value is -1.46. The maximum Gasteiger partial charge on any atom is 0.306 e. The molecular formula is C12H10F6. The third-order valence-electron chi connectivity index (χ3n) is 2.53. The van der Waals surface area contributed by atoms with Gasteiger partial charge in [-0.25, -0.2) is 17.6 Å². The Morgan fingerprint density at radius 2 is 1.50 bits per heavy atom. The van der Waals surface area contributed by atoms with Crippen molar-refractivity contribution >= 4 is 5.83 Å². The van der Waals surface area contributed by atoms with Crippen LogP contribution >= 0.6 is 0 Å². The molecule has 6 heteroatoms. The molecule has 100 valence electrons. The lowest BCUT2D eigenvalue weighted by atomic mass is 9.96. The largest absolute Gasteiger partial charge is 0.306 e. The van der Waals surface area contributed by atoms with Crippen molar-refractivity contribution in [1.82, 2.24) is 0 Å². The van der Waals surface area contributed by atoms with Crippen LogP contribution in [0.15, 0.2) is 18.2 Å². The first-order valence-corrected chi connectivity index (χ1v) is 5.00. The van der Waals surface area contributed by atoms with E-state index in [2.05, 4.69) is 0 Å². The summed E-state index contributed by atoms with van der Waals surface area (Å²) in [7, 11) is 0. The molecule has 0 aliphatic heterocycles. The molecule has 0 amide bonds. The second-order valence-corrected chi connectivity index (χ2v) is 3.83. The van der Waals surface area contributed by atoms with Crippen LogP contribution in [0.25, 0.3) is 5.83 Å². The molecular weight excluding hydrogens is 258 g/mol. The van der Waals surface area contributed by atoms with E-state index in [0.29, 0.717) is 6.07 Å². The van der Waals surface area contributed by atoms with Crippen molar-refractivity contribution in [3.8, 4) is 0 Å². The van der Waals surface area contributed by atoms with Crippen LogP contribution in [0.3, 0.4) is 0 Å². The van der Waals surface area contributed by atoms with Crippen molar-refractivity contribution in [2.75, 3.05) is 0 Å². The average Bonchev–Trinajstić information content (AvgIpc) is 2.27. The number of benzene rings is 1. The molecule has 18 heavy (non-hydrogen) atoms. The molecule has 1 aromatic rings. The van der Waals surface area contributed by atoms with Crippen LogP contribution in [0.5, 0.6) is 0 Å². The lowest BCUT2D eigenvalue weighted by Crippen LogP contribution is -2.06. The lowest BCUT2D eigenvalue weighted by molar-refractivity contribution is 0.0492. The zero-order valence-electron chi connectivity index (χ0n) is 9.58. The van der Waals surface area contributed by atoms with E-state index in [1.54, 1.807) is 0 Å². The maximum atomic E-state index is 13.2. The summed E-state index contributed by atoms with van der Waals surface area (Å²) in [5, 5.41) is 0. The minimum Gasteiger partial charge on any atom is -0.236 e. The summed E-state index contributed by atoms with van der Waals surface area (Å²) in [6.45, 7) is 2.69. The fourth-order valence-corrected chi connectivity index (χ4v) is 1.64. The van der Waals surface area contributed by atoms with Gasteiger partial charge in [-0.2, -0.15) is 8.78 Å². The van der Waals surface area contributed by atoms with Gasteiger partial charge in [-0.15, -0.1) is 0 Å². The van der Waals surface area contributed by atoms with Gasteiger partial charge in [0.05, 0.1) is 0 Å². The summed E-state index contributed by atoms with van der Waals surface area (Å²) in [4.78, 5) is 0. The Morgan fingerprint density at radius 3 is 1.94 bits per heavy atom. The molecule has 0 saturated heterocycles. The molecule has 1 unspecified atom stereocenters. The molecule has 0 aromatic heterocycles. The second kappa shape index (κ2) is 5.46. The van der Waals surface area contributed by atoms with E-state index >= 15 is 0 Å². The summed E-state index contributed by atoms with van der Waals surface area (Å²) >= 11 is 0. The Kier molecular flexibility index (Phi) is 4.43. The number of rotatable bonds is 3. The minimum atomic E-state index is -3.29. The van der Waals surface area contributed by atoms with E-state index in [-0.39, 0.29) is 11.1 Å². The highest BCUT2D eigenvalue weighted by Gasteiger charge is 2.25. The third kappa shape index (κ3) is 2.86. The van der Waals surface area contributed by atoms with E-state index in [1.807, 2.05) is 0 Å². The zero-order chi connectivity index (χ0) is 14.0. The zero-order valence-corrected chi connectivity index (χ0v) is 9.58. The fourth-order valence-electron chi connectivity index (χ4n) is 1.64. The number of hydrogen-bond acceptors (Lipinski definition) is 0. The van der Waals surface area contributed by atoms with Crippen molar-refractivity contribution in [3.63, 3.8) is 0 Å². The van der Waals surface area contributed by atoms with Crippen LogP contribution < -0.4 is 0 Å². The van der Waals surface area contributed by atoms with E-state index in [9.17, 15) is 26.3 Å². The van der Waals surface area contributed by atoms with Crippen molar-refractivity contribution in [2.24, 2.45) is 0 Å².